The van der Waals surface area contributed by atoms with Gasteiger partial charge in [-0.15, -0.1) is 0 Å². The fraction of sp³-hybridized carbons (Fsp3) is 0.278. The van der Waals surface area contributed by atoms with E-state index < -0.39 is 0 Å². The molecule has 3 N–H and O–H groups in total. The lowest BCUT2D eigenvalue weighted by atomic mass is 10.2. The molecule has 0 saturated carbocycles. The monoisotopic (exact) mass is 313 g/mol. The van der Waals surface area contributed by atoms with Crippen LogP contribution < -0.4 is 20.5 Å². The van der Waals surface area contributed by atoms with Crippen LogP contribution in [0, 0.1) is 6.92 Å². The van der Waals surface area contributed by atoms with Crippen LogP contribution in [0.4, 0.5) is 5.69 Å². The van der Waals surface area contributed by atoms with Crippen LogP contribution >= 0.6 is 0 Å². The minimum absolute atomic E-state index is 0.0734. The molecule has 23 heavy (non-hydrogen) atoms. The lowest BCUT2D eigenvalue weighted by molar-refractivity contribution is 0.230. The molecule has 0 aliphatic carbocycles. The largest absolute Gasteiger partial charge is 0.495 e. The summed E-state index contributed by atoms with van der Waals surface area (Å²) in [7, 11) is 1.62. The quantitative estimate of drug-likeness (QED) is 0.635. The highest BCUT2D eigenvalue weighted by atomic mass is 16.5. The second kappa shape index (κ2) is 8.08. The number of hydrogen-bond donors (Lipinski definition) is 2. The maximum atomic E-state index is 5.92. The van der Waals surface area contributed by atoms with Crippen molar-refractivity contribution in [2.24, 2.45) is 10.7 Å². The number of nitrogens with zero attached hydrogens (tertiary/aromatic N) is 1. The van der Waals surface area contributed by atoms with Gasteiger partial charge in [-0.05, 0) is 38.1 Å². The molecule has 5 heteroatoms. The fourth-order valence-corrected chi connectivity index (χ4v) is 2.04. The third-order valence-corrected chi connectivity index (χ3v) is 3.25. The number of aryl methyl sites for hydroxylation is 1. The van der Waals surface area contributed by atoms with Crippen molar-refractivity contribution in [2.75, 3.05) is 19.0 Å². The molecule has 1 unspecified atom stereocenters. The Hall–Kier alpha value is -2.69. The SMILES string of the molecule is COc1ccccc1NC(N)=NCC(C)Oc1ccc(C)cc1. The van der Waals surface area contributed by atoms with Crippen LogP contribution in [-0.2, 0) is 0 Å². The van der Waals surface area contributed by atoms with Gasteiger partial charge >= 0.3 is 0 Å². The molecule has 0 aliphatic heterocycles. The second-order valence-electron chi connectivity index (χ2n) is 5.29. The number of ether oxygens (including phenoxy) is 2. The Bertz CT molecular complexity index is 654. The predicted octanol–water partition coefficient (Wildman–Crippen LogP) is 3.20. The molecule has 5 nitrogen and oxygen atoms in total. The number of nitrogens with one attached hydrogen (secondary N) is 1. The maximum Gasteiger partial charge on any atom is 0.193 e. The van der Waals surface area contributed by atoms with Crippen LogP contribution in [0.15, 0.2) is 53.5 Å². The Morgan fingerprint density at radius 2 is 1.87 bits per heavy atom. The summed E-state index contributed by atoms with van der Waals surface area (Å²) in [5.74, 6) is 1.87. The molecule has 0 bridgehead atoms. The van der Waals surface area contributed by atoms with Crippen molar-refractivity contribution in [2.45, 2.75) is 20.0 Å². The number of hydrogen-bond acceptors (Lipinski definition) is 3. The molecule has 0 aromatic heterocycles. The summed E-state index contributed by atoms with van der Waals surface area (Å²) in [5.41, 5.74) is 7.90. The van der Waals surface area contributed by atoms with Gasteiger partial charge < -0.3 is 20.5 Å². The van der Waals surface area contributed by atoms with E-state index in [1.807, 2.05) is 62.4 Å². The van der Waals surface area contributed by atoms with Crippen molar-refractivity contribution in [3.8, 4) is 11.5 Å². The molecule has 0 aliphatic rings. The minimum atomic E-state index is -0.0734. The minimum Gasteiger partial charge on any atom is -0.495 e. The smallest absolute Gasteiger partial charge is 0.193 e. The van der Waals surface area contributed by atoms with Crippen molar-refractivity contribution in [1.29, 1.82) is 0 Å². The first-order valence-electron chi connectivity index (χ1n) is 7.52. The van der Waals surface area contributed by atoms with Crippen molar-refractivity contribution < 1.29 is 9.47 Å². The van der Waals surface area contributed by atoms with Gasteiger partial charge in [-0.1, -0.05) is 29.8 Å². The van der Waals surface area contributed by atoms with Gasteiger partial charge in [0.05, 0.1) is 19.3 Å². The normalized spacial score (nSPS) is 12.6. The molecule has 0 saturated heterocycles. The van der Waals surface area contributed by atoms with E-state index in [4.69, 9.17) is 15.2 Å². The van der Waals surface area contributed by atoms with Crippen LogP contribution in [0.25, 0.3) is 0 Å². The molecule has 1 atom stereocenters. The number of benzene rings is 2. The van der Waals surface area contributed by atoms with Crippen LogP contribution in [0.2, 0.25) is 0 Å². The highest BCUT2D eigenvalue weighted by molar-refractivity contribution is 5.93. The summed E-state index contributed by atoms with van der Waals surface area (Å²) < 4.78 is 11.1. The van der Waals surface area contributed by atoms with Crippen molar-refractivity contribution in [1.82, 2.24) is 0 Å². The Morgan fingerprint density at radius 1 is 1.17 bits per heavy atom. The van der Waals surface area contributed by atoms with Gasteiger partial charge in [0, 0.05) is 0 Å². The number of anilines is 1. The van der Waals surface area contributed by atoms with E-state index in [0.717, 1.165) is 17.2 Å². The second-order valence-corrected chi connectivity index (χ2v) is 5.29. The number of para-hydroxylation sites is 2. The van der Waals surface area contributed by atoms with Crippen LogP contribution in [0.5, 0.6) is 11.5 Å². The Kier molecular flexibility index (Phi) is 5.86. The van der Waals surface area contributed by atoms with Gasteiger partial charge in [-0.2, -0.15) is 0 Å². The van der Waals surface area contributed by atoms with Gasteiger partial charge in [-0.3, -0.25) is 0 Å². The molecule has 0 heterocycles. The van der Waals surface area contributed by atoms with Gasteiger partial charge in [0.2, 0.25) is 0 Å². The summed E-state index contributed by atoms with van der Waals surface area (Å²) >= 11 is 0. The fourth-order valence-electron chi connectivity index (χ4n) is 2.04. The summed E-state index contributed by atoms with van der Waals surface area (Å²) in [6, 6.07) is 15.5. The topological polar surface area (TPSA) is 68.9 Å². The zero-order valence-corrected chi connectivity index (χ0v) is 13.7. The molecular formula is C18H23N3O2. The van der Waals surface area contributed by atoms with Crippen molar-refractivity contribution in [3.05, 3.63) is 54.1 Å². The number of methoxy groups -OCH3 is 1. The molecule has 0 amide bonds. The summed E-state index contributed by atoms with van der Waals surface area (Å²) in [5, 5.41) is 3.04. The standard InChI is InChI=1S/C18H23N3O2/c1-13-8-10-15(11-9-13)23-14(2)12-20-18(19)21-16-6-4-5-7-17(16)22-3/h4-11,14H,12H2,1-3H3,(H3,19,20,21). The van der Waals surface area contributed by atoms with Crippen molar-refractivity contribution in [3.63, 3.8) is 0 Å². The van der Waals surface area contributed by atoms with Crippen molar-refractivity contribution >= 4 is 11.6 Å². The van der Waals surface area contributed by atoms with E-state index in [1.54, 1.807) is 7.11 Å². The van der Waals surface area contributed by atoms with Gasteiger partial charge in [0.15, 0.2) is 5.96 Å². The van der Waals surface area contributed by atoms with E-state index in [9.17, 15) is 0 Å². The van der Waals surface area contributed by atoms with Gasteiger partial charge in [0.25, 0.3) is 0 Å². The number of aliphatic imine (C=N–C) groups is 1. The van der Waals surface area contributed by atoms with Crippen LogP contribution in [-0.4, -0.2) is 25.7 Å². The molecule has 0 fully saturated rings. The van der Waals surface area contributed by atoms with E-state index in [2.05, 4.69) is 10.3 Å². The van der Waals surface area contributed by atoms with E-state index in [-0.39, 0.29) is 6.10 Å². The lowest BCUT2D eigenvalue weighted by Gasteiger charge is -2.14. The summed E-state index contributed by atoms with van der Waals surface area (Å²) in [4.78, 5) is 4.31. The zero-order chi connectivity index (χ0) is 16.7. The Labute approximate surface area is 137 Å². The molecular weight excluding hydrogens is 290 g/mol. The first-order valence-corrected chi connectivity index (χ1v) is 7.52. The molecule has 2 aromatic rings. The van der Waals surface area contributed by atoms with Crippen LogP contribution in [0.1, 0.15) is 12.5 Å². The molecule has 0 spiro atoms. The average Bonchev–Trinajstić information content (AvgIpc) is 2.55. The zero-order valence-electron chi connectivity index (χ0n) is 13.7. The molecule has 2 aromatic carbocycles. The lowest BCUT2D eigenvalue weighted by Crippen LogP contribution is -2.25. The first-order chi connectivity index (χ1) is 11.1. The highest BCUT2D eigenvalue weighted by Gasteiger charge is 2.05. The van der Waals surface area contributed by atoms with Crippen LogP contribution in [0.3, 0.4) is 0 Å². The number of rotatable bonds is 6. The maximum absolute atomic E-state index is 5.92. The summed E-state index contributed by atoms with van der Waals surface area (Å²) in [6.07, 6.45) is -0.0734. The third-order valence-electron chi connectivity index (χ3n) is 3.25. The molecule has 0 radical (unpaired) electrons. The number of nitrogens with two attached hydrogens (primary N) is 1. The predicted molar refractivity (Wildman–Crippen MR) is 94.4 cm³/mol. The van der Waals surface area contributed by atoms with Gasteiger partial charge in [-0.25, -0.2) is 4.99 Å². The van der Waals surface area contributed by atoms with Gasteiger partial charge in [0.1, 0.15) is 17.6 Å². The van der Waals surface area contributed by atoms with E-state index in [1.165, 1.54) is 5.56 Å². The molecule has 2 rings (SSSR count). The number of guanidine groups is 1. The Morgan fingerprint density at radius 3 is 2.57 bits per heavy atom. The third kappa shape index (κ3) is 5.21. The van der Waals surface area contributed by atoms with E-state index in [0.29, 0.717) is 12.5 Å². The highest BCUT2D eigenvalue weighted by Crippen LogP contribution is 2.22. The average molecular weight is 313 g/mol. The summed E-state index contributed by atoms with van der Waals surface area (Å²) in [6.45, 7) is 4.46. The van der Waals surface area contributed by atoms with E-state index >= 15 is 0 Å². The molecule has 122 valence electrons. The Balaban J connectivity index is 1.89. The first kappa shape index (κ1) is 16.7.